The monoisotopic (exact) mass is 365 g/mol. The molecule has 0 fully saturated rings. The number of carbonyl (C=O) groups excluding carboxylic acids is 2. The van der Waals surface area contributed by atoms with Crippen molar-refractivity contribution in [1.82, 2.24) is 10.3 Å². The summed E-state index contributed by atoms with van der Waals surface area (Å²) in [6.07, 6.45) is 2.81. The molecular weight excluding hydrogens is 349 g/mol. The van der Waals surface area contributed by atoms with Crippen molar-refractivity contribution in [3.63, 3.8) is 0 Å². The van der Waals surface area contributed by atoms with E-state index in [-0.39, 0.29) is 11.5 Å². The summed E-state index contributed by atoms with van der Waals surface area (Å²) in [5, 5.41) is 6.29. The Kier molecular flexibility index (Phi) is 6.17. The summed E-state index contributed by atoms with van der Waals surface area (Å²) in [7, 11) is 0. The van der Waals surface area contributed by atoms with Gasteiger partial charge in [0.25, 0.3) is 11.8 Å². The molecule has 0 aliphatic heterocycles. The van der Waals surface area contributed by atoms with E-state index in [2.05, 4.69) is 15.6 Å². The minimum Gasteiger partial charge on any atom is -0.352 e. The third-order valence-electron chi connectivity index (χ3n) is 3.05. The number of aromatic nitrogens is 1. The number of hydrogen-bond acceptors (Lipinski definition) is 3. The lowest BCUT2D eigenvalue weighted by molar-refractivity contribution is 0.0948. The SMILES string of the molecule is CC(C)CNC(=O)c1cncc(C(=O)Nc2cc(Cl)cc(Cl)c2)c1. The number of pyridine rings is 1. The predicted octanol–water partition coefficient (Wildman–Crippen LogP) is 4.03. The molecular formula is C17H17Cl2N3O2. The fraction of sp³-hybridized carbons (Fsp3) is 0.235. The van der Waals surface area contributed by atoms with Gasteiger partial charge in [0.05, 0.1) is 11.1 Å². The second-order valence-corrected chi connectivity index (χ2v) is 6.55. The number of nitrogens with one attached hydrogen (secondary N) is 2. The second-order valence-electron chi connectivity index (χ2n) is 5.68. The Bertz CT molecular complexity index is 743. The Labute approximate surface area is 150 Å². The fourth-order valence-electron chi connectivity index (χ4n) is 1.92. The molecule has 0 aliphatic carbocycles. The molecule has 1 heterocycles. The van der Waals surface area contributed by atoms with Crippen molar-refractivity contribution in [3.8, 4) is 0 Å². The Hall–Kier alpha value is -2.11. The maximum Gasteiger partial charge on any atom is 0.257 e. The molecule has 0 radical (unpaired) electrons. The Balaban J connectivity index is 2.12. The van der Waals surface area contributed by atoms with Gasteiger partial charge in [-0.05, 0) is 30.2 Å². The zero-order valence-electron chi connectivity index (χ0n) is 13.3. The molecule has 5 nitrogen and oxygen atoms in total. The van der Waals surface area contributed by atoms with Crippen LogP contribution in [0, 0.1) is 5.92 Å². The van der Waals surface area contributed by atoms with Crippen molar-refractivity contribution >= 4 is 40.7 Å². The number of halogens is 2. The van der Waals surface area contributed by atoms with E-state index < -0.39 is 5.91 Å². The predicted molar refractivity (Wildman–Crippen MR) is 95.8 cm³/mol. The van der Waals surface area contributed by atoms with Crippen molar-refractivity contribution in [3.05, 3.63) is 57.8 Å². The number of anilines is 1. The molecule has 1 aromatic heterocycles. The van der Waals surface area contributed by atoms with Crippen LogP contribution >= 0.6 is 23.2 Å². The first-order chi connectivity index (χ1) is 11.3. The van der Waals surface area contributed by atoms with E-state index in [1.807, 2.05) is 13.8 Å². The highest BCUT2D eigenvalue weighted by atomic mass is 35.5. The molecule has 2 amide bonds. The van der Waals surface area contributed by atoms with E-state index in [9.17, 15) is 9.59 Å². The van der Waals surface area contributed by atoms with Crippen LogP contribution in [-0.4, -0.2) is 23.3 Å². The third-order valence-corrected chi connectivity index (χ3v) is 3.49. The van der Waals surface area contributed by atoms with Crippen LogP contribution < -0.4 is 10.6 Å². The van der Waals surface area contributed by atoms with Crippen molar-refractivity contribution in [2.75, 3.05) is 11.9 Å². The van der Waals surface area contributed by atoms with Crippen LogP contribution in [0.3, 0.4) is 0 Å². The first-order valence-electron chi connectivity index (χ1n) is 7.36. The van der Waals surface area contributed by atoms with E-state index in [1.54, 1.807) is 18.2 Å². The standard InChI is InChI=1S/C17H17Cl2N3O2/c1-10(2)7-21-16(23)11-3-12(9-20-8-11)17(24)22-15-5-13(18)4-14(19)6-15/h3-6,8-10H,7H2,1-2H3,(H,21,23)(H,22,24). The summed E-state index contributed by atoms with van der Waals surface area (Å²) < 4.78 is 0. The van der Waals surface area contributed by atoms with Crippen LogP contribution in [0.25, 0.3) is 0 Å². The fourth-order valence-corrected chi connectivity index (χ4v) is 2.44. The van der Waals surface area contributed by atoms with Gasteiger partial charge < -0.3 is 10.6 Å². The van der Waals surface area contributed by atoms with Gasteiger partial charge in [0, 0.05) is 34.7 Å². The summed E-state index contributed by atoms with van der Waals surface area (Å²) >= 11 is 11.8. The van der Waals surface area contributed by atoms with Gasteiger partial charge >= 0.3 is 0 Å². The first kappa shape index (κ1) is 18.2. The molecule has 0 atom stereocenters. The van der Waals surface area contributed by atoms with Crippen molar-refractivity contribution in [2.45, 2.75) is 13.8 Å². The molecule has 0 saturated carbocycles. The molecule has 2 N–H and O–H groups in total. The van der Waals surface area contributed by atoms with Gasteiger partial charge in [-0.1, -0.05) is 37.0 Å². The molecule has 0 saturated heterocycles. The summed E-state index contributed by atoms with van der Waals surface area (Å²) in [5.74, 6) is -0.336. The molecule has 0 spiro atoms. The van der Waals surface area contributed by atoms with Crippen LogP contribution in [0.1, 0.15) is 34.6 Å². The lowest BCUT2D eigenvalue weighted by atomic mass is 10.1. The van der Waals surface area contributed by atoms with E-state index in [4.69, 9.17) is 23.2 Å². The molecule has 2 aromatic rings. The lowest BCUT2D eigenvalue weighted by Crippen LogP contribution is -2.27. The maximum atomic E-state index is 12.3. The number of amides is 2. The molecule has 0 aliphatic rings. The number of nitrogens with zero attached hydrogens (tertiary/aromatic N) is 1. The Morgan fingerprint density at radius 3 is 2.17 bits per heavy atom. The molecule has 0 unspecified atom stereocenters. The normalized spacial score (nSPS) is 10.5. The number of hydrogen-bond donors (Lipinski definition) is 2. The highest BCUT2D eigenvalue weighted by molar-refractivity contribution is 6.35. The van der Waals surface area contributed by atoms with Gasteiger partial charge in [0.15, 0.2) is 0 Å². The van der Waals surface area contributed by atoms with Crippen LogP contribution in [0.2, 0.25) is 10.0 Å². The molecule has 24 heavy (non-hydrogen) atoms. The molecule has 7 heteroatoms. The average Bonchev–Trinajstić information content (AvgIpc) is 2.51. The van der Waals surface area contributed by atoms with Crippen molar-refractivity contribution < 1.29 is 9.59 Å². The summed E-state index contributed by atoms with van der Waals surface area (Å²) in [5.41, 5.74) is 1.06. The van der Waals surface area contributed by atoms with E-state index in [1.165, 1.54) is 18.5 Å². The molecule has 2 rings (SSSR count). The average molecular weight is 366 g/mol. The quantitative estimate of drug-likeness (QED) is 0.840. The van der Waals surface area contributed by atoms with Gasteiger partial charge in [-0.25, -0.2) is 0 Å². The second kappa shape index (κ2) is 8.13. The topological polar surface area (TPSA) is 71.1 Å². The summed E-state index contributed by atoms with van der Waals surface area (Å²) in [4.78, 5) is 28.3. The maximum absolute atomic E-state index is 12.3. The lowest BCUT2D eigenvalue weighted by Gasteiger charge is -2.09. The third kappa shape index (κ3) is 5.22. The van der Waals surface area contributed by atoms with Crippen LogP contribution in [0.4, 0.5) is 5.69 Å². The largest absolute Gasteiger partial charge is 0.352 e. The highest BCUT2D eigenvalue weighted by Gasteiger charge is 2.12. The minimum absolute atomic E-state index is 0.267. The zero-order valence-corrected chi connectivity index (χ0v) is 14.8. The number of benzene rings is 1. The summed E-state index contributed by atoms with van der Waals surface area (Å²) in [6, 6.07) is 6.22. The van der Waals surface area contributed by atoms with Crippen LogP contribution in [0.15, 0.2) is 36.7 Å². The smallest absolute Gasteiger partial charge is 0.257 e. The van der Waals surface area contributed by atoms with Crippen LogP contribution in [0.5, 0.6) is 0 Å². The van der Waals surface area contributed by atoms with Gasteiger partial charge in [-0.2, -0.15) is 0 Å². The van der Waals surface area contributed by atoms with Crippen LogP contribution in [-0.2, 0) is 0 Å². The van der Waals surface area contributed by atoms with Crippen molar-refractivity contribution in [1.29, 1.82) is 0 Å². The van der Waals surface area contributed by atoms with Gasteiger partial charge in [0.1, 0.15) is 0 Å². The Morgan fingerprint density at radius 1 is 1.00 bits per heavy atom. The van der Waals surface area contributed by atoms with E-state index in [0.717, 1.165) is 0 Å². The first-order valence-corrected chi connectivity index (χ1v) is 8.11. The highest BCUT2D eigenvalue weighted by Crippen LogP contribution is 2.22. The molecule has 1 aromatic carbocycles. The van der Waals surface area contributed by atoms with E-state index in [0.29, 0.717) is 33.8 Å². The number of rotatable bonds is 5. The van der Waals surface area contributed by atoms with Gasteiger partial charge in [0.2, 0.25) is 0 Å². The minimum atomic E-state index is -0.403. The number of carbonyl (C=O) groups is 2. The summed E-state index contributed by atoms with van der Waals surface area (Å²) in [6.45, 7) is 4.55. The zero-order chi connectivity index (χ0) is 17.7. The molecule has 0 bridgehead atoms. The van der Waals surface area contributed by atoms with Gasteiger partial charge in [-0.3, -0.25) is 14.6 Å². The van der Waals surface area contributed by atoms with E-state index >= 15 is 0 Å². The Morgan fingerprint density at radius 2 is 1.58 bits per heavy atom. The van der Waals surface area contributed by atoms with Gasteiger partial charge in [-0.15, -0.1) is 0 Å². The molecule has 126 valence electrons. The van der Waals surface area contributed by atoms with Crippen molar-refractivity contribution in [2.24, 2.45) is 5.92 Å².